The van der Waals surface area contributed by atoms with Gasteiger partial charge in [0.15, 0.2) is 0 Å². The Balaban J connectivity index is 1.55. The van der Waals surface area contributed by atoms with Crippen LogP contribution in [0.15, 0.2) is 12.1 Å². The SMILES string of the molecule is CCCCC[C@H]1CC[C@H](c2cc(F)c(C(=O)OC3CCC(CCC)CC3)c(F)c2)CC1. The van der Waals surface area contributed by atoms with Gasteiger partial charge in [0, 0.05) is 0 Å². The summed E-state index contributed by atoms with van der Waals surface area (Å²) in [5.74, 6) is -0.770. The summed E-state index contributed by atoms with van der Waals surface area (Å²) in [5, 5.41) is 0. The predicted molar refractivity (Wildman–Crippen MR) is 121 cm³/mol. The summed E-state index contributed by atoms with van der Waals surface area (Å²) in [4.78, 5) is 12.5. The van der Waals surface area contributed by atoms with Gasteiger partial charge >= 0.3 is 5.97 Å². The van der Waals surface area contributed by atoms with E-state index >= 15 is 0 Å². The minimum atomic E-state index is -0.847. The Hall–Kier alpha value is -1.45. The molecule has 1 aromatic rings. The average molecular weight is 435 g/mol. The Morgan fingerprint density at radius 1 is 0.839 bits per heavy atom. The van der Waals surface area contributed by atoms with Gasteiger partial charge < -0.3 is 4.74 Å². The van der Waals surface area contributed by atoms with Crippen LogP contribution >= 0.6 is 0 Å². The molecule has 0 heterocycles. The van der Waals surface area contributed by atoms with E-state index in [0.717, 1.165) is 57.3 Å². The number of hydrogen-bond donors (Lipinski definition) is 0. The number of rotatable bonds is 9. The molecule has 31 heavy (non-hydrogen) atoms. The van der Waals surface area contributed by atoms with E-state index in [-0.39, 0.29) is 12.0 Å². The topological polar surface area (TPSA) is 26.3 Å². The summed E-state index contributed by atoms with van der Waals surface area (Å²) in [6, 6.07) is 2.75. The molecule has 0 bridgehead atoms. The van der Waals surface area contributed by atoms with Crippen molar-refractivity contribution in [2.24, 2.45) is 11.8 Å². The van der Waals surface area contributed by atoms with Crippen molar-refractivity contribution in [1.29, 1.82) is 0 Å². The smallest absolute Gasteiger partial charge is 0.344 e. The first kappa shape index (κ1) is 24.2. The number of carbonyl (C=O) groups is 1. The highest BCUT2D eigenvalue weighted by molar-refractivity contribution is 5.90. The molecule has 0 atom stereocenters. The molecule has 1 aromatic carbocycles. The van der Waals surface area contributed by atoms with Crippen molar-refractivity contribution in [3.05, 3.63) is 34.9 Å². The van der Waals surface area contributed by atoms with E-state index < -0.39 is 23.2 Å². The first-order chi connectivity index (χ1) is 15.0. The third-order valence-electron chi connectivity index (χ3n) is 7.57. The van der Waals surface area contributed by atoms with Gasteiger partial charge in [-0.05, 0) is 86.8 Å². The largest absolute Gasteiger partial charge is 0.459 e. The monoisotopic (exact) mass is 434 g/mol. The normalized spacial score (nSPS) is 26.6. The molecular formula is C27H40F2O2. The number of unbranched alkanes of at least 4 members (excludes halogenated alkanes) is 2. The fraction of sp³-hybridized carbons (Fsp3) is 0.741. The quantitative estimate of drug-likeness (QED) is 0.288. The summed E-state index contributed by atoms with van der Waals surface area (Å²) >= 11 is 0. The van der Waals surface area contributed by atoms with Crippen LogP contribution < -0.4 is 0 Å². The molecule has 0 saturated heterocycles. The van der Waals surface area contributed by atoms with Crippen molar-refractivity contribution >= 4 is 5.97 Å². The molecule has 0 unspecified atom stereocenters. The molecule has 0 aliphatic heterocycles. The molecule has 3 rings (SSSR count). The molecule has 174 valence electrons. The minimum Gasteiger partial charge on any atom is -0.459 e. The van der Waals surface area contributed by atoms with Crippen LogP contribution in [-0.4, -0.2) is 12.1 Å². The van der Waals surface area contributed by atoms with E-state index in [4.69, 9.17) is 4.74 Å². The van der Waals surface area contributed by atoms with Crippen LogP contribution in [0.5, 0.6) is 0 Å². The number of esters is 1. The summed E-state index contributed by atoms with van der Waals surface area (Å²) in [6.45, 7) is 4.40. The molecule has 0 radical (unpaired) electrons. The lowest BCUT2D eigenvalue weighted by molar-refractivity contribution is 0.0151. The predicted octanol–water partition coefficient (Wildman–Crippen LogP) is 8.33. The van der Waals surface area contributed by atoms with Crippen molar-refractivity contribution in [1.82, 2.24) is 0 Å². The lowest BCUT2D eigenvalue weighted by Gasteiger charge is -2.29. The number of ether oxygens (including phenoxy) is 1. The number of carbonyl (C=O) groups excluding carboxylic acids is 1. The maximum atomic E-state index is 14.8. The van der Waals surface area contributed by atoms with E-state index in [1.54, 1.807) is 0 Å². The summed E-state index contributed by atoms with van der Waals surface area (Å²) in [6.07, 6.45) is 15.1. The minimum absolute atomic E-state index is 0.185. The Morgan fingerprint density at radius 2 is 1.42 bits per heavy atom. The van der Waals surface area contributed by atoms with Crippen LogP contribution in [0.3, 0.4) is 0 Å². The van der Waals surface area contributed by atoms with Crippen molar-refractivity contribution < 1.29 is 18.3 Å². The highest BCUT2D eigenvalue weighted by atomic mass is 19.1. The van der Waals surface area contributed by atoms with Crippen LogP contribution in [0, 0.1) is 23.5 Å². The molecule has 2 nitrogen and oxygen atoms in total. The van der Waals surface area contributed by atoms with E-state index in [2.05, 4.69) is 13.8 Å². The molecule has 0 aromatic heterocycles. The van der Waals surface area contributed by atoms with Crippen LogP contribution in [0.25, 0.3) is 0 Å². The molecule has 4 heteroatoms. The van der Waals surface area contributed by atoms with Crippen molar-refractivity contribution in [2.75, 3.05) is 0 Å². The van der Waals surface area contributed by atoms with Gasteiger partial charge in [0.05, 0.1) is 0 Å². The van der Waals surface area contributed by atoms with E-state index in [0.29, 0.717) is 11.5 Å². The molecule has 2 aliphatic carbocycles. The van der Waals surface area contributed by atoms with E-state index in [1.807, 2.05) is 0 Å². The van der Waals surface area contributed by atoms with E-state index in [1.165, 1.54) is 50.7 Å². The highest BCUT2D eigenvalue weighted by Gasteiger charge is 2.29. The first-order valence-electron chi connectivity index (χ1n) is 12.7. The third kappa shape index (κ3) is 6.76. The van der Waals surface area contributed by atoms with Crippen molar-refractivity contribution in [3.8, 4) is 0 Å². The molecular weight excluding hydrogens is 394 g/mol. The number of hydrogen-bond acceptors (Lipinski definition) is 2. The van der Waals surface area contributed by atoms with Gasteiger partial charge in [0.25, 0.3) is 0 Å². The van der Waals surface area contributed by atoms with Gasteiger partial charge in [-0.1, -0.05) is 52.4 Å². The molecule has 2 aliphatic rings. The van der Waals surface area contributed by atoms with Gasteiger partial charge in [-0.15, -0.1) is 0 Å². The van der Waals surface area contributed by atoms with Crippen molar-refractivity contribution in [2.45, 2.75) is 116 Å². The van der Waals surface area contributed by atoms with Gasteiger partial charge in [-0.3, -0.25) is 0 Å². The highest BCUT2D eigenvalue weighted by Crippen LogP contribution is 2.39. The second-order valence-corrected chi connectivity index (χ2v) is 9.91. The molecule has 0 amide bonds. The van der Waals surface area contributed by atoms with E-state index in [9.17, 15) is 13.6 Å². The zero-order valence-corrected chi connectivity index (χ0v) is 19.4. The third-order valence-corrected chi connectivity index (χ3v) is 7.57. The van der Waals surface area contributed by atoms with Crippen molar-refractivity contribution in [3.63, 3.8) is 0 Å². The molecule has 0 N–H and O–H groups in total. The Labute approximate surface area is 187 Å². The number of benzene rings is 1. The molecule has 0 spiro atoms. The fourth-order valence-corrected chi connectivity index (χ4v) is 5.65. The number of halogens is 2. The summed E-state index contributed by atoms with van der Waals surface area (Å²) in [7, 11) is 0. The van der Waals surface area contributed by atoms with Crippen LogP contribution in [0.4, 0.5) is 8.78 Å². The van der Waals surface area contributed by atoms with Crippen LogP contribution in [0.1, 0.15) is 126 Å². The van der Waals surface area contributed by atoms with Gasteiger partial charge in [-0.2, -0.15) is 0 Å². The lowest BCUT2D eigenvalue weighted by atomic mass is 9.77. The maximum Gasteiger partial charge on any atom is 0.344 e. The van der Waals surface area contributed by atoms with Gasteiger partial charge in [0.2, 0.25) is 0 Å². The second kappa shape index (κ2) is 12.0. The standard InChI is InChI=1S/C27H40F2O2/c1-3-5-6-8-20-9-13-21(14-10-20)22-17-24(28)26(25(29)18-22)27(30)31-23-15-11-19(7-4-2)12-16-23/h17-21,23H,3-16H2,1-2H3/t19?,20-,21-,23?. The Morgan fingerprint density at radius 3 is 2.00 bits per heavy atom. The average Bonchev–Trinajstić information content (AvgIpc) is 2.75. The van der Waals surface area contributed by atoms with Gasteiger partial charge in [-0.25, -0.2) is 13.6 Å². The first-order valence-corrected chi connectivity index (χ1v) is 12.7. The second-order valence-electron chi connectivity index (χ2n) is 9.91. The zero-order valence-electron chi connectivity index (χ0n) is 19.4. The van der Waals surface area contributed by atoms with Crippen LogP contribution in [0.2, 0.25) is 0 Å². The zero-order chi connectivity index (χ0) is 22.2. The molecule has 2 saturated carbocycles. The lowest BCUT2D eigenvalue weighted by Crippen LogP contribution is -2.25. The maximum absolute atomic E-state index is 14.8. The Bertz CT molecular complexity index is 678. The fourth-order valence-electron chi connectivity index (χ4n) is 5.65. The summed E-state index contributed by atoms with van der Waals surface area (Å²) in [5.41, 5.74) is 0.173. The van der Waals surface area contributed by atoms with Crippen LogP contribution in [-0.2, 0) is 4.74 Å². The van der Waals surface area contributed by atoms with Gasteiger partial charge in [0.1, 0.15) is 23.3 Å². The summed E-state index contributed by atoms with van der Waals surface area (Å²) < 4.78 is 35.0. The Kier molecular flexibility index (Phi) is 9.34. The molecule has 2 fully saturated rings.